The molecule has 0 radical (unpaired) electrons. The molecule has 1 unspecified atom stereocenters. The summed E-state index contributed by atoms with van der Waals surface area (Å²) in [6.07, 6.45) is -2.70. The van der Waals surface area contributed by atoms with Crippen molar-refractivity contribution in [2.75, 3.05) is 0 Å². The number of carboxylic acids is 1. The van der Waals surface area contributed by atoms with Crippen LogP contribution in [0.2, 0.25) is 0 Å². The number of carbonyl (C=O) groups is 1. The molecule has 0 saturated carbocycles. The first kappa shape index (κ1) is 11.6. The van der Waals surface area contributed by atoms with E-state index in [1.165, 1.54) is 12.1 Å². The Kier molecular flexibility index (Phi) is 3.36. The molecule has 0 aliphatic rings. The fraction of sp³-hybridized carbons (Fsp3) is 0.300. The minimum Gasteiger partial charge on any atom is -0.544 e. The third-order valence-corrected chi connectivity index (χ3v) is 1.96. The number of aliphatic hydroxyl groups excluding tert-OH is 1. The van der Waals surface area contributed by atoms with Gasteiger partial charge in [0, 0.05) is 6.42 Å². The Labute approximate surface area is 85.0 Å². The Morgan fingerprint density at radius 3 is 2.40 bits per heavy atom. The number of halogens is 2. The Morgan fingerprint density at radius 1 is 1.40 bits per heavy atom. The highest BCUT2D eigenvalue weighted by atomic mass is 19.3. The van der Waals surface area contributed by atoms with E-state index in [0.717, 1.165) is 0 Å². The normalized spacial score (nSPS) is 13.5. The van der Waals surface area contributed by atoms with E-state index >= 15 is 0 Å². The van der Waals surface area contributed by atoms with Crippen molar-refractivity contribution in [3.8, 4) is 0 Å². The third kappa shape index (κ3) is 2.73. The second-order valence-corrected chi connectivity index (χ2v) is 3.12. The first-order valence-corrected chi connectivity index (χ1v) is 4.26. The Morgan fingerprint density at radius 2 is 1.93 bits per heavy atom. The zero-order chi connectivity index (χ0) is 11.5. The Bertz CT molecular complexity index is 338. The lowest BCUT2D eigenvalue weighted by molar-refractivity contribution is -0.336. The predicted octanol–water partition coefficient (Wildman–Crippen LogP) is -0.0248. The van der Waals surface area contributed by atoms with Crippen LogP contribution >= 0.6 is 0 Å². The lowest BCUT2D eigenvalue weighted by atomic mass is 10.0. The molecule has 0 saturated heterocycles. The minimum atomic E-state index is -4.23. The average molecular weight is 215 g/mol. The number of hydrogen-bond donors (Lipinski definition) is 1. The molecule has 5 heteroatoms. The first-order chi connectivity index (χ1) is 6.94. The topological polar surface area (TPSA) is 60.4 Å². The van der Waals surface area contributed by atoms with Gasteiger partial charge in [0.2, 0.25) is 0 Å². The number of aliphatic hydroxyl groups is 1. The highest BCUT2D eigenvalue weighted by Gasteiger charge is 2.39. The van der Waals surface area contributed by atoms with Gasteiger partial charge in [0.1, 0.15) is 12.1 Å². The molecule has 0 aromatic heterocycles. The standard InChI is InChI=1S/C10H10F2O3/c11-10(12,9(14)15)8(13)6-7-4-2-1-3-5-7/h1-5,8,13H,6H2,(H,14,15)/p-1. The highest BCUT2D eigenvalue weighted by molar-refractivity contribution is 5.73. The van der Waals surface area contributed by atoms with Crippen LogP contribution in [0.1, 0.15) is 5.56 Å². The molecule has 15 heavy (non-hydrogen) atoms. The molecular weight excluding hydrogens is 206 g/mol. The highest BCUT2D eigenvalue weighted by Crippen LogP contribution is 2.20. The summed E-state index contributed by atoms with van der Waals surface area (Å²) in [7, 11) is 0. The third-order valence-electron chi connectivity index (χ3n) is 1.96. The lowest BCUT2D eigenvalue weighted by Gasteiger charge is -2.23. The number of aliphatic carboxylic acids is 1. The van der Waals surface area contributed by atoms with E-state index in [9.17, 15) is 18.7 Å². The maximum absolute atomic E-state index is 12.7. The molecule has 1 aromatic rings. The number of rotatable bonds is 4. The van der Waals surface area contributed by atoms with Gasteiger partial charge < -0.3 is 15.0 Å². The predicted molar refractivity (Wildman–Crippen MR) is 46.1 cm³/mol. The van der Waals surface area contributed by atoms with Crippen LogP contribution in [0.5, 0.6) is 0 Å². The summed E-state index contributed by atoms with van der Waals surface area (Å²) in [6.45, 7) is 0. The van der Waals surface area contributed by atoms with E-state index in [1.807, 2.05) is 0 Å². The van der Waals surface area contributed by atoms with Crippen molar-refractivity contribution in [3.63, 3.8) is 0 Å². The number of hydrogen-bond acceptors (Lipinski definition) is 3. The molecule has 0 heterocycles. The molecule has 1 N–H and O–H groups in total. The van der Waals surface area contributed by atoms with Crippen molar-refractivity contribution in [2.24, 2.45) is 0 Å². The van der Waals surface area contributed by atoms with Crippen molar-refractivity contribution >= 4 is 5.97 Å². The van der Waals surface area contributed by atoms with Gasteiger partial charge in [-0.3, -0.25) is 0 Å². The van der Waals surface area contributed by atoms with Crippen molar-refractivity contribution < 1.29 is 23.8 Å². The molecule has 1 rings (SSSR count). The molecule has 3 nitrogen and oxygen atoms in total. The Hall–Kier alpha value is -1.49. The summed E-state index contributed by atoms with van der Waals surface area (Å²) >= 11 is 0. The zero-order valence-electron chi connectivity index (χ0n) is 7.69. The van der Waals surface area contributed by atoms with Crippen LogP contribution in [-0.4, -0.2) is 23.1 Å². The van der Waals surface area contributed by atoms with E-state index in [1.54, 1.807) is 18.2 Å². The molecule has 0 amide bonds. The first-order valence-electron chi connectivity index (χ1n) is 4.26. The van der Waals surface area contributed by atoms with Crippen LogP contribution in [-0.2, 0) is 11.2 Å². The Balaban J connectivity index is 2.72. The van der Waals surface area contributed by atoms with E-state index in [0.29, 0.717) is 5.56 Å². The zero-order valence-corrected chi connectivity index (χ0v) is 7.69. The molecule has 0 aliphatic carbocycles. The van der Waals surface area contributed by atoms with Gasteiger partial charge >= 0.3 is 5.92 Å². The molecule has 82 valence electrons. The SMILES string of the molecule is O=C([O-])C(F)(F)C(O)Cc1ccccc1. The van der Waals surface area contributed by atoms with Crippen molar-refractivity contribution in [1.29, 1.82) is 0 Å². The lowest BCUT2D eigenvalue weighted by Crippen LogP contribution is -2.50. The molecule has 1 atom stereocenters. The summed E-state index contributed by atoms with van der Waals surface area (Å²) in [6, 6.07) is 7.95. The van der Waals surface area contributed by atoms with E-state index in [4.69, 9.17) is 5.11 Å². The summed E-state index contributed by atoms with van der Waals surface area (Å²) in [5.74, 6) is -6.79. The van der Waals surface area contributed by atoms with Crippen LogP contribution in [0.25, 0.3) is 0 Å². The van der Waals surface area contributed by atoms with E-state index in [-0.39, 0.29) is 0 Å². The van der Waals surface area contributed by atoms with Gasteiger partial charge in [0.25, 0.3) is 0 Å². The van der Waals surface area contributed by atoms with Gasteiger partial charge in [0.05, 0.1) is 0 Å². The van der Waals surface area contributed by atoms with E-state index in [2.05, 4.69) is 0 Å². The molecule has 0 bridgehead atoms. The quantitative estimate of drug-likeness (QED) is 0.767. The van der Waals surface area contributed by atoms with Crippen molar-refractivity contribution in [1.82, 2.24) is 0 Å². The van der Waals surface area contributed by atoms with Crippen LogP contribution in [0.4, 0.5) is 8.78 Å². The fourth-order valence-electron chi connectivity index (χ4n) is 1.10. The van der Waals surface area contributed by atoms with Crippen LogP contribution in [0.3, 0.4) is 0 Å². The summed E-state index contributed by atoms with van der Waals surface area (Å²) < 4.78 is 25.4. The summed E-state index contributed by atoms with van der Waals surface area (Å²) in [4.78, 5) is 10.0. The second-order valence-electron chi connectivity index (χ2n) is 3.12. The number of carbonyl (C=O) groups excluding carboxylic acids is 1. The molecular formula is C10H9F2O3-. The van der Waals surface area contributed by atoms with Crippen LogP contribution < -0.4 is 5.11 Å². The van der Waals surface area contributed by atoms with Crippen molar-refractivity contribution in [2.45, 2.75) is 18.4 Å². The smallest absolute Gasteiger partial charge is 0.312 e. The molecule has 0 aliphatic heterocycles. The molecule has 0 spiro atoms. The molecule has 1 aromatic carbocycles. The number of carboxylic acid groups (broad SMARTS) is 1. The monoisotopic (exact) mass is 215 g/mol. The largest absolute Gasteiger partial charge is 0.544 e. The van der Waals surface area contributed by atoms with Crippen LogP contribution in [0, 0.1) is 0 Å². The minimum absolute atomic E-state index is 0.429. The number of alkyl halides is 2. The van der Waals surface area contributed by atoms with Gasteiger partial charge in [0.15, 0.2) is 0 Å². The van der Waals surface area contributed by atoms with Gasteiger partial charge in [-0.15, -0.1) is 0 Å². The van der Waals surface area contributed by atoms with Crippen molar-refractivity contribution in [3.05, 3.63) is 35.9 Å². The maximum atomic E-state index is 12.7. The van der Waals surface area contributed by atoms with Gasteiger partial charge in [-0.05, 0) is 5.56 Å². The second kappa shape index (κ2) is 4.35. The summed E-state index contributed by atoms with van der Waals surface area (Å²) in [5.41, 5.74) is 0.436. The maximum Gasteiger partial charge on any atom is 0.312 e. The molecule has 0 fully saturated rings. The fourth-order valence-corrected chi connectivity index (χ4v) is 1.10. The van der Waals surface area contributed by atoms with Gasteiger partial charge in [-0.1, -0.05) is 30.3 Å². The van der Waals surface area contributed by atoms with Crippen LogP contribution in [0.15, 0.2) is 30.3 Å². The average Bonchev–Trinajstić information content (AvgIpc) is 2.18. The van der Waals surface area contributed by atoms with E-state index < -0.39 is 24.4 Å². The number of benzene rings is 1. The van der Waals surface area contributed by atoms with Gasteiger partial charge in [-0.25, -0.2) is 0 Å². The summed E-state index contributed by atoms with van der Waals surface area (Å²) in [5, 5.41) is 19.1. The van der Waals surface area contributed by atoms with Gasteiger partial charge in [-0.2, -0.15) is 8.78 Å².